The van der Waals surface area contributed by atoms with Gasteiger partial charge in [0.1, 0.15) is 12.2 Å². The Hall–Kier alpha value is -3.66. The maximum absolute atomic E-state index is 13.2. The Bertz CT molecular complexity index is 1070. The van der Waals surface area contributed by atoms with Gasteiger partial charge in [-0.2, -0.15) is 5.26 Å². The Morgan fingerprint density at radius 3 is 2.72 bits per heavy atom. The second kappa shape index (κ2) is 6.74. The number of hydrogen-bond acceptors (Lipinski definition) is 4. The molecule has 1 saturated heterocycles. The third kappa shape index (κ3) is 2.85. The molecule has 29 heavy (non-hydrogen) atoms. The van der Waals surface area contributed by atoms with E-state index in [0.717, 1.165) is 0 Å². The summed E-state index contributed by atoms with van der Waals surface area (Å²) in [7, 11) is 1.61. The molecule has 0 aromatic heterocycles. The van der Waals surface area contributed by atoms with Gasteiger partial charge in [0.05, 0.1) is 22.9 Å². The number of nitriles is 1. The van der Waals surface area contributed by atoms with Crippen LogP contribution in [0, 0.1) is 11.3 Å². The van der Waals surface area contributed by atoms with E-state index < -0.39 is 5.66 Å². The van der Waals surface area contributed by atoms with E-state index in [1.165, 1.54) is 9.80 Å². The van der Waals surface area contributed by atoms with Crippen molar-refractivity contribution in [1.82, 2.24) is 4.90 Å². The normalized spacial score (nSPS) is 20.2. The summed E-state index contributed by atoms with van der Waals surface area (Å²) in [4.78, 5) is 43.4. The number of amides is 3. The van der Waals surface area contributed by atoms with E-state index in [1.807, 2.05) is 6.92 Å². The highest BCUT2D eigenvalue weighted by atomic mass is 16.2. The lowest BCUT2D eigenvalue weighted by molar-refractivity contribution is -0.121. The maximum atomic E-state index is 13.2. The molecule has 0 aliphatic carbocycles. The molecule has 0 spiro atoms. The van der Waals surface area contributed by atoms with Gasteiger partial charge in [-0.05, 0) is 43.7 Å². The van der Waals surface area contributed by atoms with Crippen LogP contribution >= 0.6 is 0 Å². The molecule has 0 bridgehead atoms. The monoisotopic (exact) mass is 388 g/mol. The van der Waals surface area contributed by atoms with Crippen molar-refractivity contribution in [3.05, 3.63) is 59.7 Å². The van der Waals surface area contributed by atoms with Gasteiger partial charge in [0.25, 0.3) is 5.91 Å². The second-order valence-corrected chi connectivity index (χ2v) is 7.47. The highest BCUT2D eigenvalue weighted by Gasteiger charge is 2.53. The highest BCUT2D eigenvalue weighted by molar-refractivity contribution is 6.11. The zero-order chi connectivity index (χ0) is 20.8. The van der Waals surface area contributed by atoms with Crippen molar-refractivity contribution < 1.29 is 14.4 Å². The molecular weight excluding hydrogens is 368 g/mol. The number of likely N-dealkylation sites (N-methyl/N-ethyl adjacent to an activating group) is 1. The summed E-state index contributed by atoms with van der Waals surface area (Å²) in [6, 6.07) is 15.8. The van der Waals surface area contributed by atoms with Crippen LogP contribution in [0.3, 0.4) is 0 Å². The van der Waals surface area contributed by atoms with Crippen LogP contribution in [0.2, 0.25) is 0 Å². The number of benzene rings is 2. The minimum Gasteiger partial charge on any atom is -0.314 e. The molecule has 1 unspecified atom stereocenters. The van der Waals surface area contributed by atoms with Crippen LogP contribution in [0.1, 0.15) is 35.7 Å². The number of hydrogen-bond donors (Lipinski definition) is 0. The number of fused-ring (bicyclic) bond motifs is 3. The molecule has 1 atom stereocenters. The van der Waals surface area contributed by atoms with Gasteiger partial charge in [-0.3, -0.25) is 19.3 Å². The van der Waals surface area contributed by atoms with Crippen molar-refractivity contribution in [2.75, 3.05) is 23.4 Å². The Labute approximate surface area is 168 Å². The number of nitrogens with zero attached hydrogens (tertiary/aromatic N) is 4. The first-order valence-corrected chi connectivity index (χ1v) is 9.37. The summed E-state index contributed by atoms with van der Waals surface area (Å²) in [5.74, 6) is -0.616. The van der Waals surface area contributed by atoms with Crippen molar-refractivity contribution in [2.45, 2.75) is 25.4 Å². The minimum absolute atomic E-state index is 0.0556. The molecule has 4 rings (SSSR count). The molecule has 7 nitrogen and oxygen atoms in total. The predicted molar refractivity (Wildman–Crippen MR) is 107 cm³/mol. The molecule has 2 aromatic carbocycles. The SMILES string of the molecule is CN(C(=O)CN1C(=O)c2ccccc2N2C(=O)CCC12C)c1cccc(C#N)c1. The van der Waals surface area contributed by atoms with Crippen LogP contribution in [-0.2, 0) is 9.59 Å². The topological polar surface area (TPSA) is 84.7 Å². The fourth-order valence-corrected chi connectivity index (χ4v) is 4.11. The maximum Gasteiger partial charge on any atom is 0.258 e. The molecule has 1 fully saturated rings. The largest absolute Gasteiger partial charge is 0.314 e. The van der Waals surface area contributed by atoms with E-state index in [-0.39, 0.29) is 24.3 Å². The van der Waals surface area contributed by atoms with E-state index in [9.17, 15) is 14.4 Å². The molecule has 2 aromatic rings. The molecule has 2 aliphatic heterocycles. The van der Waals surface area contributed by atoms with Crippen LogP contribution in [0.15, 0.2) is 48.5 Å². The van der Waals surface area contributed by atoms with Crippen LogP contribution < -0.4 is 9.80 Å². The third-order valence-corrected chi connectivity index (χ3v) is 5.78. The van der Waals surface area contributed by atoms with Crippen LogP contribution in [0.4, 0.5) is 11.4 Å². The number of carbonyl (C=O) groups is 3. The zero-order valence-corrected chi connectivity index (χ0v) is 16.3. The van der Waals surface area contributed by atoms with Crippen LogP contribution in [0.5, 0.6) is 0 Å². The first-order valence-electron chi connectivity index (χ1n) is 9.37. The molecule has 0 N–H and O–H groups in total. The second-order valence-electron chi connectivity index (χ2n) is 7.47. The van der Waals surface area contributed by atoms with Gasteiger partial charge in [0.2, 0.25) is 11.8 Å². The first kappa shape index (κ1) is 18.7. The van der Waals surface area contributed by atoms with Gasteiger partial charge < -0.3 is 9.80 Å². The predicted octanol–water partition coefficient (Wildman–Crippen LogP) is 2.52. The van der Waals surface area contributed by atoms with Gasteiger partial charge in [0.15, 0.2) is 0 Å². The molecule has 3 amide bonds. The number of para-hydroxylation sites is 1. The quantitative estimate of drug-likeness (QED) is 0.809. The molecule has 0 saturated carbocycles. The summed E-state index contributed by atoms with van der Waals surface area (Å²) in [5.41, 5.74) is 1.16. The highest BCUT2D eigenvalue weighted by Crippen LogP contribution is 2.43. The van der Waals surface area contributed by atoms with E-state index in [4.69, 9.17) is 5.26 Å². The molecule has 7 heteroatoms. The van der Waals surface area contributed by atoms with Crippen molar-refractivity contribution in [3.63, 3.8) is 0 Å². The van der Waals surface area contributed by atoms with E-state index in [1.54, 1.807) is 60.5 Å². The number of anilines is 2. The minimum atomic E-state index is -0.881. The van der Waals surface area contributed by atoms with Gasteiger partial charge in [-0.15, -0.1) is 0 Å². The molecule has 0 radical (unpaired) electrons. The summed E-state index contributed by atoms with van der Waals surface area (Å²) < 4.78 is 0. The standard InChI is InChI=1S/C22H20N4O3/c1-22-11-10-19(27)26(22)18-9-4-3-8-17(18)21(29)25(22)14-20(28)24(2)16-7-5-6-15(12-16)13-23/h3-9,12H,10-11,14H2,1-2H3. The molecular formula is C22H20N4O3. The average molecular weight is 388 g/mol. The van der Waals surface area contributed by atoms with E-state index in [0.29, 0.717) is 35.3 Å². The Morgan fingerprint density at radius 2 is 1.97 bits per heavy atom. The average Bonchev–Trinajstić information content (AvgIpc) is 3.05. The number of rotatable bonds is 3. The van der Waals surface area contributed by atoms with Gasteiger partial charge in [-0.1, -0.05) is 18.2 Å². The fraction of sp³-hybridized carbons (Fsp3) is 0.273. The first-order chi connectivity index (χ1) is 13.9. The summed E-state index contributed by atoms with van der Waals surface area (Å²) in [6.07, 6.45) is 0.787. The van der Waals surface area contributed by atoms with Crippen molar-refractivity contribution in [3.8, 4) is 6.07 Å². The van der Waals surface area contributed by atoms with Gasteiger partial charge in [0, 0.05) is 19.2 Å². The lowest BCUT2D eigenvalue weighted by Crippen LogP contribution is -2.64. The van der Waals surface area contributed by atoms with Crippen molar-refractivity contribution in [2.24, 2.45) is 0 Å². The molecule has 2 heterocycles. The fourth-order valence-electron chi connectivity index (χ4n) is 4.11. The zero-order valence-electron chi connectivity index (χ0n) is 16.3. The summed E-state index contributed by atoms with van der Waals surface area (Å²) in [5, 5.41) is 9.09. The van der Waals surface area contributed by atoms with Crippen LogP contribution in [0.25, 0.3) is 0 Å². The Kier molecular flexibility index (Phi) is 4.35. The number of carbonyl (C=O) groups excluding carboxylic acids is 3. The van der Waals surface area contributed by atoms with Crippen LogP contribution in [-0.4, -0.2) is 41.9 Å². The molecule has 146 valence electrons. The smallest absolute Gasteiger partial charge is 0.258 e. The van der Waals surface area contributed by atoms with Crippen molar-refractivity contribution in [1.29, 1.82) is 5.26 Å². The summed E-state index contributed by atoms with van der Waals surface area (Å²) >= 11 is 0. The Morgan fingerprint density at radius 1 is 1.21 bits per heavy atom. The van der Waals surface area contributed by atoms with E-state index in [2.05, 4.69) is 6.07 Å². The van der Waals surface area contributed by atoms with Gasteiger partial charge >= 0.3 is 0 Å². The van der Waals surface area contributed by atoms with Crippen molar-refractivity contribution >= 4 is 29.1 Å². The Balaban J connectivity index is 1.67. The summed E-state index contributed by atoms with van der Waals surface area (Å²) in [6.45, 7) is 1.66. The third-order valence-electron chi connectivity index (χ3n) is 5.78. The molecule has 2 aliphatic rings. The lowest BCUT2D eigenvalue weighted by Gasteiger charge is -2.48. The van der Waals surface area contributed by atoms with Gasteiger partial charge in [-0.25, -0.2) is 0 Å². The van der Waals surface area contributed by atoms with E-state index >= 15 is 0 Å². The lowest BCUT2D eigenvalue weighted by atomic mass is 9.98.